The third-order valence-electron chi connectivity index (χ3n) is 2.52. The molecule has 108 valence electrons. The molecule has 0 aliphatic carbocycles. The molecule has 4 N–H and O–H groups in total. The van der Waals surface area contributed by atoms with Crippen molar-refractivity contribution in [2.45, 2.75) is 33.0 Å². The first-order chi connectivity index (χ1) is 8.55. The smallest absolute Gasteiger partial charge is 0.480 e. The van der Waals surface area contributed by atoms with Gasteiger partial charge in [0.05, 0.1) is 0 Å². The van der Waals surface area contributed by atoms with Crippen LogP contribution in [0.25, 0.3) is 0 Å². The van der Waals surface area contributed by atoms with Gasteiger partial charge in [-0.3, -0.25) is 14.4 Å². The molecular weight excluding hydrogens is 277 g/mol. The SMILES string of the molecule is CC(=O)N[C@H]([P+](=O)O)C(CC(C)C)(C(=O)O)C(=O)O. The Morgan fingerprint density at radius 1 is 1.21 bits per heavy atom. The van der Waals surface area contributed by atoms with E-state index in [0.717, 1.165) is 6.92 Å². The summed E-state index contributed by atoms with van der Waals surface area (Å²) in [5.41, 5.74) is -2.54. The largest absolute Gasteiger partial charge is 0.532 e. The summed E-state index contributed by atoms with van der Waals surface area (Å²) in [7, 11) is -3.22. The first-order valence-electron chi connectivity index (χ1n) is 5.44. The molecule has 0 bridgehead atoms. The van der Waals surface area contributed by atoms with Crippen molar-refractivity contribution in [2.24, 2.45) is 11.3 Å². The summed E-state index contributed by atoms with van der Waals surface area (Å²) in [6.45, 7) is 4.17. The van der Waals surface area contributed by atoms with E-state index < -0.39 is 37.1 Å². The first-order valence-corrected chi connectivity index (χ1v) is 6.73. The molecule has 19 heavy (non-hydrogen) atoms. The standard InChI is InChI=1S/C10H16NO7P/c1-5(2)4-10(8(13)14,9(15)16)7(19(17)18)11-6(3)12/h5,7H,4H2,1-3H3,(H3-,11,12,13,14,15,16,17,18)/p+1/t7-/m1/s1. The van der Waals surface area contributed by atoms with E-state index in [1.54, 1.807) is 13.8 Å². The molecule has 0 aromatic carbocycles. The molecule has 0 rings (SSSR count). The Morgan fingerprint density at radius 2 is 1.63 bits per heavy atom. The molecule has 2 atom stereocenters. The summed E-state index contributed by atoms with van der Waals surface area (Å²) in [5, 5.41) is 20.4. The molecule has 8 nitrogen and oxygen atoms in total. The van der Waals surface area contributed by atoms with E-state index in [0.29, 0.717) is 0 Å². The molecule has 0 aromatic heterocycles. The van der Waals surface area contributed by atoms with E-state index in [-0.39, 0.29) is 12.3 Å². The van der Waals surface area contributed by atoms with E-state index in [1.165, 1.54) is 0 Å². The molecule has 0 fully saturated rings. The van der Waals surface area contributed by atoms with Crippen molar-refractivity contribution in [3.63, 3.8) is 0 Å². The molecule has 0 heterocycles. The quantitative estimate of drug-likeness (QED) is 0.393. The van der Waals surface area contributed by atoms with E-state index in [2.05, 4.69) is 0 Å². The summed E-state index contributed by atoms with van der Waals surface area (Å²) >= 11 is 0. The monoisotopic (exact) mass is 294 g/mol. The zero-order chi connectivity index (χ0) is 15.4. The van der Waals surface area contributed by atoms with Crippen molar-refractivity contribution in [3.8, 4) is 0 Å². The number of nitrogens with one attached hydrogen (secondary N) is 1. The van der Waals surface area contributed by atoms with Crippen molar-refractivity contribution in [3.05, 3.63) is 0 Å². The van der Waals surface area contributed by atoms with E-state index in [1.807, 2.05) is 5.32 Å². The number of hydrogen-bond donors (Lipinski definition) is 4. The van der Waals surface area contributed by atoms with Crippen LogP contribution in [0.5, 0.6) is 0 Å². The third kappa shape index (κ3) is 3.97. The van der Waals surface area contributed by atoms with Crippen LogP contribution in [0, 0.1) is 11.3 Å². The average Bonchev–Trinajstić information content (AvgIpc) is 2.20. The highest BCUT2D eigenvalue weighted by molar-refractivity contribution is 7.39. The van der Waals surface area contributed by atoms with Crippen LogP contribution in [0.15, 0.2) is 0 Å². The molecular formula is C10H17NO7P+. The second kappa shape index (κ2) is 6.58. The van der Waals surface area contributed by atoms with Gasteiger partial charge >= 0.3 is 20.0 Å². The Labute approximate surface area is 110 Å². The predicted molar refractivity (Wildman–Crippen MR) is 64.6 cm³/mol. The van der Waals surface area contributed by atoms with Crippen molar-refractivity contribution >= 4 is 25.9 Å². The third-order valence-corrected chi connectivity index (χ3v) is 3.53. The highest BCUT2D eigenvalue weighted by Crippen LogP contribution is 2.41. The van der Waals surface area contributed by atoms with Gasteiger partial charge in [-0.1, -0.05) is 13.8 Å². The summed E-state index contributed by atoms with van der Waals surface area (Å²) in [5.74, 6) is -6.55. The fourth-order valence-electron chi connectivity index (χ4n) is 1.82. The van der Waals surface area contributed by atoms with Crippen molar-refractivity contribution < 1.29 is 34.1 Å². The van der Waals surface area contributed by atoms with Gasteiger partial charge in [0, 0.05) is 6.92 Å². The Bertz CT molecular complexity index is 393. The van der Waals surface area contributed by atoms with Crippen LogP contribution in [0.4, 0.5) is 0 Å². The highest BCUT2D eigenvalue weighted by Gasteiger charge is 2.62. The number of rotatable bonds is 7. The van der Waals surface area contributed by atoms with Gasteiger partial charge in [0.15, 0.2) is 0 Å². The number of amides is 1. The predicted octanol–water partition coefficient (Wildman–Crippen LogP) is 0.385. The van der Waals surface area contributed by atoms with Gasteiger partial charge in [-0.05, 0) is 16.9 Å². The van der Waals surface area contributed by atoms with Crippen LogP contribution >= 0.6 is 8.03 Å². The number of hydrogen-bond acceptors (Lipinski definition) is 4. The van der Waals surface area contributed by atoms with E-state index in [9.17, 15) is 34.1 Å². The fourth-order valence-corrected chi connectivity index (χ4v) is 2.81. The molecule has 0 aromatic rings. The number of carbonyl (C=O) groups is 3. The molecule has 0 aliphatic heterocycles. The Kier molecular flexibility index (Phi) is 6.05. The van der Waals surface area contributed by atoms with Gasteiger partial charge in [-0.2, -0.15) is 4.89 Å². The topological polar surface area (TPSA) is 141 Å². The van der Waals surface area contributed by atoms with Crippen LogP contribution in [0.1, 0.15) is 27.2 Å². The van der Waals surface area contributed by atoms with Crippen LogP contribution in [0.2, 0.25) is 0 Å². The number of carboxylic acids is 2. The van der Waals surface area contributed by atoms with Gasteiger partial charge in [0.1, 0.15) is 0 Å². The lowest BCUT2D eigenvalue weighted by molar-refractivity contribution is -0.167. The molecule has 0 saturated carbocycles. The fraction of sp³-hybridized carbons (Fsp3) is 0.700. The molecule has 0 aliphatic rings. The zero-order valence-corrected chi connectivity index (χ0v) is 11.7. The van der Waals surface area contributed by atoms with Gasteiger partial charge in [-0.25, -0.2) is 0 Å². The Hall–Kier alpha value is -1.53. The number of aliphatic carboxylic acids is 2. The highest BCUT2D eigenvalue weighted by atomic mass is 31.1. The van der Waals surface area contributed by atoms with Crippen molar-refractivity contribution in [1.82, 2.24) is 5.32 Å². The maximum atomic E-state index is 11.4. The Balaban J connectivity index is 5.87. The minimum absolute atomic E-state index is 0.363. The summed E-state index contributed by atoms with van der Waals surface area (Å²) in [6, 6.07) is 0. The lowest BCUT2D eigenvalue weighted by atomic mass is 9.79. The lowest BCUT2D eigenvalue weighted by Crippen LogP contribution is -2.55. The zero-order valence-electron chi connectivity index (χ0n) is 10.8. The molecule has 9 heteroatoms. The second-order valence-electron chi connectivity index (χ2n) is 4.59. The van der Waals surface area contributed by atoms with E-state index in [4.69, 9.17) is 0 Å². The summed E-state index contributed by atoms with van der Waals surface area (Å²) in [6.07, 6.45) is -0.385. The van der Waals surface area contributed by atoms with Gasteiger partial charge < -0.3 is 15.5 Å². The van der Waals surface area contributed by atoms with Crippen LogP contribution in [-0.4, -0.2) is 38.7 Å². The van der Waals surface area contributed by atoms with Crippen molar-refractivity contribution in [2.75, 3.05) is 0 Å². The average molecular weight is 294 g/mol. The van der Waals surface area contributed by atoms with Gasteiger partial charge in [0.2, 0.25) is 11.3 Å². The molecule has 0 spiro atoms. The number of carboxylic acid groups (broad SMARTS) is 2. The molecule has 0 saturated heterocycles. The molecule has 1 amide bonds. The summed E-state index contributed by atoms with van der Waals surface area (Å²) < 4.78 is 11.3. The minimum Gasteiger partial charge on any atom is -0.480 e. The first kappa shape index (κ1) is 17.5. The second-order valence-corrected chi connectivity index (χ2v) is 5.71. The maximum absolute atomic E-state index is 11.4. The normalized spacial score (nSPS) is 13.8. The van der Waals surface area contributed by atoms with Crippen LogP contribution in [0.3, 0.4) is 0 Å². The van der Waals surface area contributed by atoms with Crippen molar-refractivity contribution in [1.29, 1.82) is 0 Å². The van der Waals surface area contributed by atoms with Crippen LogP contribution in [-0.2, 0) is 18.9 Å². The van der Waals surface area contributed by atoms with Gasteiger partial charge in [0.25, 0.3) is 5.78 Å². The molecule has 0 radical (unpaired) electrons. The number of carbonyl (C=O) groups excluding carboxylic acids is 1. The lowest BCUT2D eigenvalue weighted by Gasteiger charge is -2.27. The van der Waals surface area contributed by atoms with Crippen LogP contribution < -0.4 is 5.32 Å². The summed E-state index contributed by atoms with van der Waals surface area (Å²) in [4.78, 5) is 42.9. The Morgan fingerprint density at radius 3 is 1.84 bits per heavy atom. The van der Waals surface area contributed by atoms with E-state index >= 15 is 0 Å². The van der Waals surface area contributed by atoms with Gasteiger partial charge in [-0.15, -0.1) is 0 Å². The molecule has 1 unspecified atom stereocenters. The minimum atomic E-state index is -3.22. The maximum Gasteiger partial charge on any atom is 0.532 e.